The fraction of sp³-hybridized carbons (Fsp3) is 0.333. The Kier molecular flexibility index (Phi) is 2.39. The number of hydrogen-bond donors (Lipinski definition) is 2. The number of nitrogens with zero attached hydrogens (tertiary/aromatic N) is 1. The van der Waals surface area contributed by atoms with Gasteiger partial charge in [0, 0.05) is 0 Å². The number of methoxy groups -OCH3 is 1. The minimum Gasteiger partial charge on any atom is -0.468 e. The minimum absolute atomic E-state index is 0.225. The highest BCUT2D eigenvalue weighted by atomic mass is 16.5. The highest BCUT2D eigenvalue weighted by Crippen LogP contribution is 1.69. The van der Waals surface area contributed by atoms with Crippen molar-refractivity contribution in [2.75, 3.05) is 7.11 Å². The standard InChI is InChI=1S/C3H7N3O2/c1-8-3(5)6-2(4)7/h1H3,(H4,4,5,6,7). The summed E-state index contributed by atoms with van der Waals surface area (Å²) in [5.41, 5.74) is 9.48. The molecule has 0 aromatic rings. The normalized spacial score (nSPS) is 10.9. The lowest BCUT2D eigenvalue weighted by molar-refractivity contribution is 0.255. The minimum atomic E-state index is -0.857. The third-order valence-electron chi connectivity index (χ3n) is 0.430. The topological polar surface area (TPSA) is 90.7 Å². The molecule has 46 valence electrons. The van der Waals surface area contributed by atoms with Gasteiger partial charge < -0.3 is 16.2 Å². The van der Waals surface area contributed by atoms with Crippen LogP contribution >= 0.6 is 0 Å². The molecule has 0 aliphatic heterocycles. The highest BCUT2D eigenvalue weighted by Gasteiger charge is 1.88. The Morgan fingerprint density at radius 2 is 2.12 bits per heavy atom. The zero-order chi connectivity index (χ0) is 6.57. The van der Waals surface area contributed by atoms with Gasteiger partial charge in [0.2, 0.25) is 0 Å². The van der Waals surface area contributed by atoms with Crippen molar-refractivity contribution in [2.24, 2.45) is 16.5 Å². The summed E-state index contributed by atoms with van der Waals surface area (Å²) in [6.45, 7) is 0. The van der Waals surface area contributed by atoms with Gasteiger partial charge >= 0.3 is 6.03 Å². The molecule has 0 aromatic heterocycles. The van der Waals surface area contributed by atoms with Crippen molar-refractivity contribution in [3.8, 4) is 0 Å². The monoisotopic (exact) mass is 117 g/mol. The average Bonchev–Trinajstić information content (AvgIpc) is 1.65. The van der Waals surface area contributed by atoms with E-state index in [0.29, 0.717) is 0 Å². The number of amidine groups is 1. The SMILES string of the molecule is CO/C(N)=N/C(N)=O. The van der Waals surface area contributed by atoms with Gasteiger partial charge in [0.25, 0.3) is 6.02 Å². The van der Waals surface area contributed by atoms with E-state index in [1.807, 2.05) is 0 Å². The number of hydrogen-bond acceptors (Lipinski definition) is 2. The van der Waals surface area contributed by atoms with Crippen molar-refractivity contribution in [3.05, 3.63) is 0 Å². The number of primary amides is 1. The molecule has 2 amide bonds. The van der Waals surface area contributed by atoms with Crippen LogP contribution in [-0.2, 0) is 4.74 Å². The summed E-state index contributed by atoms with van der Waals surface area (Å²) < 4.78 is 4.29. The Bertz CT molecular complexity index is 120. The predicted octanol–water partition coefficient (Wildman–Crippen LogP) is -0.974. The Hall–Kier alpha value is -1.26. The molecule has 0 aliphatic rings. The van der Waals surface area contributed by atoms with Crippen LogP contribution < -0.4 is 11.5 Å². The average molecular weight is 117 g/mol. The smallest absolute Gasteiger partial charge is 0.342 e. The van der Waals surface area contributed by atoms with Crippen molar-refractivity contribution in [2.45, 2.75) is 0 Å². The molecular formula is C3H7N3O2. The van der Waals surface area contributed by atoms with E-state index in [1.165, 1.54) is 7.11 Å². The third-order valence-corrected chi connectivity index (χ3v) is 0.430. The molecule has 0 saturated heterocycles. The Balaban J connectivity index is 3.75. The molecule has 0 bridgehead atoms. The van der Waals surface area contributed by atoms with Crippen LogP contribution in [0.4, 0.5) is 4.79 Å². The first kappa shape index (κ1) is 6.74. The molecule has 0 radical (unpaired) electrons. The molecule has 0 aliphatic carbocycles. The first-order chi connectivity index (χ1) is 3.66. The molecule has 0 aromatic carbocycles. The zero-order valence-electron chi connectivity index (χ0n) is 4.42. The summed E-state index contributed by atoms with van der Waals surface area (Å²) in [4.78, 5) is 12.9. The van der Waals surface area contributed by atoms with E-state index < -0.39 is 6.03 Å². The number of aliphatic imine (C=N–C) groups is 1. The van der Waals surface area contributed by atoms with Gasteiger partial charge in [-0.1, -0.05) is 0 Å². The van der Waals surface area contributed by atoms with E-state index in [1.54, 1.807) is 0 Å². The second-order valence-corrected chi connectivity index (χ2v) is 0.992. The molecule has 0 unspecified atom stereocenters. The summed E-state index contributed by atoms with van der Waals surface area (Å²) in [5, 5.41) is 0. The van der Waals surface area contributed by atoms with Gasteiger partial charge in [-0.05, 0) is 0 Å². The number of ether oxygens (including phenoxy) is 1. The molecule has 0 fully saturated rings. The van der Waals surface area contributed by atoms with Gasteiger partial charge in [-0.3, -0.25) is 0 Å². The molecule has 4 N–H and O–H groups in total. The van der Waals surface area contributed by atoms with Crippen LogP contribution in [-0.4, -0.2) is 19.2 Å². The predicted molar refractivity (Wildman–Crippen MR) is 28.2 cm³/mol. The number of nitrogens with two attached hydrogens (primary N) is 2. The Morgan fingerprint density at radius 1 is 1.62 bits per heavy atom. The largest absolute Gasteiger partial charge is 0.468 e. The van der Waals surface area contributed by atoms with E-state index in [9.17, 15) is 4.79 Å². The number of urea groups is 1. The highest BCUT2D eigenvalue weighted by molar-refractivity contribution is 5.87. The van der Waals surface area contributed by atoms with Crippen molar-refractivity contribution < 1.29 is 9.53 Å². The first-order valence-electron chi connectivity index (χ1n) is 1.84. The molecule has 0 atom stereocenters. The van der Waals surface area contributed by atoms with E-state index in [4.69, 9.17) is 5.73 Å². The van der Waals surface area contributed by atoms with Crippen LogP contribution in [0.3, 0.4) is 0 Å². The van der Waals surface area contributed by atoms with Gasteiger partial charge in [0.1, 0.15) is 0 Å². The summed E-state index contributed by atoms with van der Waals surface area (Å²) in [6, 6.07) is -1.08. The van der Waals surface area contributed by atoms with Crippen molar-refractivity contribution in [3.63, 3.8) is 0 Å². The third kappa shape index (κ3) is 2.95. The molecule has 0 saturated carbocycles. The van der Waals surface area contributed by atoms with E-state index in [2.05, 4.69) is 15.5 Å². The molecule has 8 heavy (non-hydrogen) atoms. The maximum Gasteiger partial charge on any atom is 0.342 e. The number of amides is 2. The number of rotatable bonds is 0. The lowest BCUT2D eigenvalue weighted by Gasteiger charge is -1.91. The van der Waals surface area contributed by atoms with Gasteiger partial charge in [-0.25, -0.2) is 4.79 Å². The quantitative estimate of drug-likeness (QED) is 0.316. The first-order valence-corrected chi connectivity index (χ1v) is 1.84. The second-order valence-electron chi connectivity index (χ2n) is 0.992. The van der Waals surface area contributed by atoms with Crippen molar-refractivity contribution in [1.29, 1.82) is 0 Å². The zero-order valence-corrected chi connectivity index (χ0v) is 4.42. The summed E-state index contributed by atoms with van der Waals surface area (Å²) in [7, 11) is 1.29. The molecule has 5 heteroatoms. The molecular weight excluding hydrogens is 110 g/mol. The van der Waals surface area contributed by atoms with Crippen LogP contribution in [0.25, 0.3) is 0 Å². The van der Waals surface area contributed by atoms with Crippen LogP contribution in [0.15, 0.2) is 4.99 Å². The fourth-order valence-electron chi connectivity index (χ4n) is 0.154. The van der Waals surface area contributed by atoms with E-state index in [0.717, 1.165) is 0 Å². The van der Waals surface area contributed by atoms with Gasteiger partial charge in [-0.2, -0.15) is 0 Å². The number of carbonyl (C=O) groups excluding carboxylic acids is 1. The van der Waals surface area contributed by atoms with Crippen molar-refractivity contribution in [1.82, 2.24) is 0 Å². The van der Waals surface area contributed by atoms with Crippen LogP contribution in [0.1, 0.15) is 0 Å². The lowest BCUT2D eigenvalue weighted by Crippen LogP contribution is -2.18. The number of carbonyl (C=O) groups is 1. The molecule has 0 spiro atoms. The van der Waals surface area contributed by atoms with Gasteiger partial charge in [0.05, 0.1) is 7.11 Å². The Labute approximate surface area is 46.3 Å². The molecule has 0 heterocycles. The lowest BCUT2D eigenvalue weighted by atomic mass is 11.0. The summed E-state index contributed by atoms with van der Waals surface area (Å²) in [6.07, 6.45) is 0. The molecule has 5 nitrogen and oxygen atoms in total. The van der Waals surface area contributed by atoms with E-state index >= 15 is 0 Å². The maximum absolute atomic E-state index is 9.84. The van der Waals surface area contributed by atoms with Crippen LogP contribution in [0.2, 0.25) is 0 Å². The molecule has 0 rings (SSSR count). The van der Waals surface area contributed by atoms with Crippen molar-refractivity contribution >= 4 is 12.1 Å². The van der Waals surface area contributed by atoms with Gasteiger partial charge in [0.15, 0.2) is 0 Å². The van der Waals surface area contributed by atoms with Crippen LogP contribution in [0, 0.1) is 0 Å². The fourth-order valence-corrected chi connectivity index (χ4v) is 0.154. The van der Waals surface area contributed by atoms with Gasteiger partial charge in [-0.15, -0.1) is 4.99 Å². The van der Waals surface area contributed by atoms with Crippen LogP contribution in [0.5, 0.6) is 0 Å². The summed E-state index contributed by atoms with van der Waals surface area (Å²) >= 11 is 0. The summed E-state index contributed by atoms with van der Waals surface area (Å²) in [5.74, 6) is 0. The Morgan fingerprint density at radius 3 is 2.25 bits per heavy atom. The second kappa shape index (κ2) is 2.84. The maximum atomic E-state index is 9.84. The van der Waals surface area contributed by atoms with E-state index in [-0.39, 0.29) is 6.02 Å².